The molecule has 0 amide bonds. The molecule has 0 atom stereocenters. The summed E-state index contributed by atoms with van der Waals surface area (Å²) in [4.78, 5) is 15.9. The van der Waals surface area contributed by atoms with Crippen LogP contribution in [0.25, 0.3) is 27.9 Å². The minimum absolute atomic E-state index is 0.479. The van der Waals surface area contributed by atoms with Gasteiger partial charge in [-0.15, -0.1) is 0 Å². The van der Waals surface area contributed by atoms with Gasteiger partial charge in [-0.2, -0.15) is 9.61 Å². The number of rotatable bonds is 5. The van der Waals surface area contributed by atoms with Crippen LogP contribution in [0.3, 0.4) is 0 Å². The Labute approximate surface area is 190 Å². The Hall–Kier alpha value is -4.04. The lowest BCUT2D eigenvalue weighted by atomic mass is 10.2. The van der Waals surface area contributed by atoms with Crippen LogP contribution in [-0.2, 0) is 11.3 Å². The van der Waals surface area contributed by atoms with E-state index in [1.165, 1.54) is 0 Å². The molecule has 0 unspecified atom stereocenters. The summed E-state index contributed by atoms with van der Waals surface area (Å²) in [6, 6.07) is 16.0. The highest BCUT2D eigenvalue weighted by Gasteiger charge is 2.18. The smallest absolute Gasteiger partial charge is 0.158 e. The standard InChI is InChI=1S/C25H22N6O2/c1-2-23-20(5-10-33-23)13-18(1)16-27-17-21-14-25(30-8-11-32-12-9-30)31-24(28-21)15-22(29-31)19-3-6-26-7-4-19/h1-7,10,13-16H,8-9,11-12,17H2. The van der Waals surface area contributed by atoms with Crippen molar-refractivity contribution in [1.29, 1.82) is 0 Å². The van der Waals surface area contributed by atoms with Crippen LogP contribution >= 0.6 is 0 Å². The number of benzene rings is 1. The molecule has 164 valence electrons. The fourth-order valence-corrected chi connectivity index (χ4v) is 4.08. The van der Waals surface area contributed by atoms with Gasteiger partial charge in [0.2, 0.25) is 0 Å². The largest absolute Gasteiger partial charge is 0.464 e. The maximum Gasteiger partial charge on any atom is 0.158 e. The molecule has 6 rings (SSSR count). The van der Waals surface area contributed by atoms with E-state index in [1.54, 1.807) is 18.7 Å². The number of fused-ring (bicyclic) bond motifs is 2. The average Bonchev–Trinajstić information content (AvgIpc) is 3.51. The van der Waals surface area contributed by atoms with Crippen molar-refractivity contribution in [2.24, 2.45) is 4.99 Å². The number of anilines is 1. The molecule has 1 aromatic carbocycles. The molecule has 1 aliphatic rings. The summed E-state index contributed by atoms with van der Waals surface area (Å²) in [6.07, 6.45) is 7.13. The zero-order valence-corrected chi connectivity index (χ0v) is 18.0. The van der Waals surface area contributed by atoms with Gasteiger partial charge in [-0.1, -0.05) is 0 Å². The second-order valence-corrected chi connectivity index (χ2v) is 7.93. The molecule has 8 nitrogen and oxygen atoms in total. The van der Waals surface area contributed by atoms with Crippen molar-refractivity contribution in [2.45, 2.75) is 6.54 Å². The molecule has 5 aromatic rings. The van der Waals surface area contributed by atoms with Crippen molar-refractivity contribution in [3.8, 4) is 11.3 Å². The minimum atomic E-state index is 0.479. The zero-order chi connectivity index (χ0) is 22.0. The van der Waals surface area contributed by atoms with E-state index < -0.39 is 0 Å². The first-order chi connectivity index (χ1) is 16.3. The summed E-state index contributed by atoms with van der Waals surface area (Å²) in [5.74, 6) is 1.01. The van der Waals surface area contributed by atoms with Crippen molar-refractivity contribution in [2.75, 3.05) is 31.2 Å². The molecule has 8 heteroatoms. The minimum Gasteiger partial charge on any atom is -0.464 e. The number of pyridine rings is 1. The predicted octanol–water partition coefficient (Wildman–Crippen LogP) is 3.99. The lowest BCUT2D eigenvalue weighted by molar-refractivity contribution is 0.122. The molecule has 0 aliphatic carbocycles. The van der Waals surface area contributed by atoms with E-state index in [0.29, 0.717) is 19.8 Å². The third-order valence-corrected chi connectivity index (χ3v) is 5.74. The molecule has 4 aromatic heterocycles. The molecule has 0 spiro atoms. The van der Waals surface area contributed by atoms with Gasteiger partial charge in [-0.05, 0) is 42.0 Å². The maximum atomic E-state index is 5.55. The fraction of sp³-hybridized carbons (Fsp3) is 0.200. The van der Waals surface area contributed by atoms with Gasteiger partial charge in [0.25, 0.3) is 0 Å². The Kier molecular flexibility index (Phi) is 5.04. The fourth-order valence-electron chi connectivity index (χ4n) is 4.08. The lowest BCUT2D eigenvalue weighted by Gasteiger charge is -2.29. The number of hydrogen-bond acceptors (Lipinski definition) is 7. The third-order valence-electron chi connectivity index (χ3n) is 5.74. The van der Waals surface area contributed by atoms with Gasteiger partial charge in [0.15, 0.2) is 5.65 Å². The van der Waals surface area contributed by atoms with Gasteiger partial charge >= 0.3 is 0 Å². The van der Waals surface area contributed by atoms with E-state index in [4.69, 9.17) is 19.2 Å². The molecule has 5 heterocycles. The molecule has 0 N–H and O–H groups in total. The van der Waals surface area contributed by atoms with Crippen LogP contribution in [0.15, 0.2) is 76.6 Å². The highest BCUT2D eigenvalue weighted by molar-refractivity contribution is 5.88. The van der Waals surface area contributed by atoms with Crippen molar-refractivity contribution in [3.63, 3.8) is 0 Å². The Morgan fingerprint density at radius 1 is 1.00 bits per heavy atom. The van der Waals surface area contributed by atoms with Crippen molar-refractivity contribution >= 4 is 28.6 Å². The highest BCUT2D eigenvalue weighted by atomic mass is 16.5. The van der Waals surface area contributed by atoms with Crippen LogP contribution in [0.5, 0.6) is 0 Å². The van der Waals surface area contributed by atoms with E-state index in [2.05, 4.69) is 27.0 Å². The summed E-state index contributed by atoms with van der Waals surface area (Å²) < 4.78 is 12.9. The van der Waals surface area contributed by atoms with E-state index in [9.17, 15) is 0 Å². The number of aromatic nitrogens is 4. The SMILES string of the molecule is C(=NCc1cc(N2CCOCC2)n2nc(-c3ccncc3)cc2n1)c1ccc2occc2c1. The van der Waals surface area contributed by atoms with E-state index in [0.717, 1.165) is 58.0 Å². The summed E-state index contributed by atoms with van der Waals surface area (Å²) in [5.41, 5.74) is 5.48. The maximum absolute atomic E-state index is 5.55. The van der Waals surface area contributed by atoms with E-state index in [1.807, 2.05) is 47.1 Å². The molecule has 0 radical (unpaired) electrons. The predicted molar refractivity (Wildman–Crippen MR) is 127 cm³/mol. The number of hydrogen-bond donors (Lipinski definition) is 0. The molecule has 0 bridgehead atoms. The second kappa shape index (κ2) is 8.48. The van der Waals surface area contributed by atoms with E-state index in [-0.39, 0.29) is 0 Å². The second-order valence-electron chi connectivity index (χ2n) is 7.93. The Bertz CT molecular complexity index is 1430. The van der Waals surface area contributed by atoms with Gasteiger partial charge < -0.3 is 14.1 Å². The summed E-state index contributed by atoms with van der Waals surface area (Å²) in [5, 5.41) is 5.91. The van der Waals surface area contributed by atoms with E-state index >= 15 is 0 Å². The number of ether oxygens (including phenoxy) is 1. The van der Waals surface area contributed by atoms with Crippen LogP contribution in [0.4, 0.5) is 5.82 Å². The Morgan fingerprint density at radius 3 is 2.76 bits per heavy atom. The van der Waals surface area contributed by atoms with Gasteiger partial charge in [0, 0.05) is 54.8 Å². The molecule has 0 saturated carbocycles. The molecule has 33 heavy (non-hydrogen) atoms. The average molecular weight is 438 g/mol. The number of morpholine rings is 1. The number of nitrogens with zero attached hydrogens (tertiary/aromatic N) is 6. The van der Waals surface area contributed by atoms with Gasteiger partial charge in [0.05, 0.1) is 37.4 Å². The van der Waals surface area contributed by atoms with Crippen LogP contribution in [-0.4, -0.2) is 52.1 Å². The van der Waals surface area contributed by atoms with Crippen molar-refractivity contribution in [3.05, 3.63) is 78.4 Å². The van der Waals surface area contributed by atoms with Crippen molar-refractivity contribution in [1.82, 2.24) is 19.6 Å². The van der Waals surface area contributed by atoms with Crippen LogP contribution in [0, 0.1) is 0 Å². The van der Waals surface area contributed by atoms with Crippen LogP contribution in [0.2, 0.25) is 0 Å². The molecule has 1 saturated heterocycles. The van der Waals surface area contributed by atoms with Gasteiger partial charge in [-0.3, -0.25) is 9.98 Å². The van der Waals surface area contributed by atoms with Crippen LogP contribution < -0.4 is 4.90 Å². The lowest BCUT2D eigenvalue weighted by Crippen LogP contribution is -2.37. The van der Waals surface area contributed by atoms with Crippen LogP contribution in [0.1, 0.15) is 11.3 Å². The highest BCUT2D eigenvalue weighted by Crippen LogP contribution is 2.24. The summed E-state index contributed by atoms with van der Waals surface area (Å²) in [7, 11) is 0. The molecule has 1 fully saturated rings. The molecular formula is C25H22N6O2. The number of aliphatic imine (C=N–C) groups is 1. The normalized spacial score (nSPS) is 14.6. The first-order valence-corrected chi connectivity index (χ1v) is 10.9. The first-order valence-electron chi connectivity index (χ1n) is 10.9. The number of furan rings is 1. The summed E-state index contributed by atoms with van der Waals surface area (Å²) >= 11 is 0. The third kappa shape index (κ3) is 3.96. The monoisotopic (exact) mass is 438 g/mol. The van der Waals surface area contributed by atoms with Gasteiger partial charge in [-0.25, -0.2) is 4.98 Å². The topological polar surface area (TPSA) is 81.0 Å². The molecule has 1 aliphatic heterocycles. The first kappa shape index (κ1) is 19.6. The van der Waals surface area contributed by atoms with Crippen molar-refractivity contribution < 1.29 is 9.15 Å². The van der Waals surface area contributed by atoms with Gasteiger partial charge in [0.1, 0.15) is 11.4 Å². The molecular weight excluding hydrogens is 416 g/mol. The zero-order valence-electron chi connectivity index (χ0n) is 18.0. The Morgan fingerprint density at radius 2 is 1.88 bits per heavy atom. The quantitative estimate of drug-likeness (QED) is 0.386. The Balaban J connectivity index is 1.34. The summed E-state index contributed by atoms with van der Waals surface area (Å²) in [6.45, 7) is 3.51.